The summed E-state index contributed by atoms with van der Waals surface area (Å²) < 4.78 is 6.05. The van der Waals surface area contributed by atoms with Crippen molar-refractivity contribution in [1.82, 2.24) is 20.2 Å². The van der Waals surface area contributed by atoms with E-state index in [0.717, 1.165) is 45.3 Å². The van der Waals surface area contributed by atoms with Gasteiger partial charge in [0.2, 0.25) is 5.13 Å². The number of nitrogens with one attached hydrogen (secondary N) is 2. The highest BCUT2D eigenvalue weighted by molar-refractivity contribution is 8.00. The molecule has 154 valence electrons. The maximum Gasteiger partial charge on any atom is 0.259 e. The summed E-state index contributed by atoms with van der Waals surface area (Å²) in [6.07, 6.45) is 4.40. The minimum Gasteiger partial charge on any atom is -0.497 e. The average molecular weight is 458 g/mol. The van der Waals surface area contributed by atoms with Crippen molar-refractivity contribution in [3.8, 4) is 5.75 Å². The Morgan fingerprint density at radius 2 is 2.13 bits per heavy atom. The van der Waals surface area contributed by atoms with Gasteiger partial charge in [0.1, 0.15) is 16.4 Å². The SMILES string of the molecule is COc1cccc(Nc2nnc(SCc3nc4sc5c(c4c(=O)[nH]3)CCCC5)s2)c1. The predicted molar refractivity (Wildman–Crippen MR) is 123 cm³/mol. The molecule has 3 aromatic heterocycles. The highest BCUT2D eigenvalue weighted by atomic mass is 32.2. The Morgan fingerprint density at radius 3 is 3.03 bits per heavy atom. The summed E-state index contributed by atoms with van der Waals surface area (Å²) in [5.74, 6) is 2.00. The molecular formula is C20H19N5O2S3. The maximum atomic E-state index is 12.7. The van der Waals surface area contributed by atoms with Crippen LogP contribution in [0.15, 0.2) is 33.4 Å². The van der Waals surface area contributed by atoms with Crippen LogP contribution in [0.5, 0.6) is 5.75 Å². The topological polar surface area (TPSA) is 92.8 Å². The van der Waals surface area contributed by atoms with Gasteiger partial charge in [-0.25, -0.2) is 4.98 Å². The van der Waals surface area contributed by atoms with Crippen molar-refractivity contribution in [2.45, 2.75) is 35.8 Å². The normalized spacial score (nSPS) is 13.4. The number of aromatic nitrogens is 4. The van der Waals surface area contributed by atoms with Gasteiger partial charge in [-0.15, -0.1) is 21.5 Å². The summed E-state index contributed by atoms with van der Waals surface area (Å²) in [4.78, 5) is 22.5. The van der Waals surface area contributed by atoms with E-state index in [1.807, 2.05) is 24.3 Å². The molecule has 10 heteroatoms. The van der Waals surface area contributed by atoms with Gasteiger partial charge < -0.3 is 15.0 Å². The van der Waals surface area contributed by atoms with E-state index >= 15 is 0 Å². The summed E-state index contributed by atoms with van der Waals surface area (Å²) in [5.41, 5.74) is 2.08. The molecule has 0 saturated heterocycles. The second-order valence-electron chi connectivity index (χ2n) is 6.92. The number of aromatic amines is 1. The number of hydrogen-bond acceptors (Lipinski definition) is 9. The lowest BCUT2D eigenvalue weighted by Gasteiger charge is -2.09. The number of thioether (sulfide) groups is 1. The van der Waals surface area contributed by atoms with Crippen molar-refractivity contribution in [2.75, 3.05) is 12.4 Å². The van der Waals surface area contributed by atoms with Crippen LogP contribution in [0.4, 0.5) is 10.8 Å². The Balaban J connectivity index is 1.29. The molecule has 5 rings (SSSR count). The van der Waals surface area contributed by atoms with E-state index in [4.69, 9.17) is 9.72 Å². The van der Waals surface area contributed by atoms with Gasteiger partial charge in [0.15, 0.2) is 4.34 Å². The fourth-order valence-corrected chi connectivity index (χ4v) is 6.47. The van der Waals surface area contributed by atoms with Gasteiger partial charge >= 0.3 is 0 Å². The summed E-state index contributed by atoms with van der Waals surface area (Å²) in [6.45, 7) is 0. The molecule has 0 radical (unpaired) electrons. The number of aryl methyl sites for hydroxylation is 2. The second-order valence-corrected chi connectivity index (χ2v) is 10.2. The first-order chi connectivity index (χ1) is 14.7. The molecule has 7 nitrogen and oxygen atoms in total. The van der Waals surface area contributed by atoms with Gasteiger partial charge in [0.25, 0.3) is 5.56 Å². The number of nitrogens with zero attached hydrogens (tertiary/aromatic N) is 3. The fourth-order valence-electron chi connectivity index (χ4n) is 3.55. The standard InChI is InChI=1S/C20H19N5O2S3/c1-27-12-6-4-5-11(9-12)21-19-24-25-20(30-19)28-10-15-22-17(26)16-13-7-2-3-8-14(13)29-18(16)23-15/h4-6,9H,2-3,7-8,10H2,1H3,(H,21,24)(H,22,23,26). The Labute approximate surface area is 184 Å². The quantitative estimate of drug-likeness (QED) is 0.403. The highest BCUT2D eigenvalue weighted by Gasteiger charge is 2.20. The first kappa shape index (κ1) is 19.5. The van der Waals surface area contributed by atoms with E-state index in [1.54, 1.807) is 18.4 Å². The molecule has 4 aromatic rings. The number of thiophene rings is 1. The van der Waals surface area contributed by atoms with Crippen molar-refractivity contribution in [2.24, 2.45) is 0 Å². The van der Waals surface area contributed by atoms with Gasteiger partial charge in [-0.1, -0.05) is 29.2 Å². The Kier molecular flexibility index (Phi) is 5.45. The number of hydrogen-bond donors (Lipinski definition) is 2. The maximum absolute atomic E-state index is 12.7. The minimum atomic E-state index is -0.0207. The van der Waals surface area contributed by atoms with Gasteiger partial charge in [0, 0.05) is 16.6 Å². The van der Waals surface area contributed by atoms with Crippen LogP contribution >= 0.6 is 34.4 Å². The second kappa shape index (κ2) is 8.37. The molecule has 1 aliphatic carbocycles. The molecule has 1 aliphatic rings. The van der Waals surface area contributed by atoms with Crippen LogP contribution in [0.25, 0.3) is 10.2 Å². The average Bonchev–Trinajstić information content (AvgIpc) is 3.36. The summed E-state index contributed by atoms with van der Waals surface area (Å²) in [7, 11) is 1.64. The lowest BCUT2D eigenvalue weighted by atomic mass is 9.97. The van der Waals surface area contributed by atoms with E-state index in [-0.39, 0.29) is 5.56 Å². The number of rotatable bonds is 6. The third-order valence-corrected chi connectivity index (χ3v) is 8.10. The van der Waals surface area contributed by atoms with Crippen LogP contribution in [-0.4, -0.2) is 27.3 Å². The molecule has 0 amide bonds. The smallest absolute Gasteiger partial charge is 0.259 e. The predicted octanol–water partition coefficient (Wildman–Crippen LogP) is 4.76. The van der Waals surface area contributed by atoms with Crippen molar-refractivity contribution in [3.05, 3.63) is 50.9 Å². The minimum absolute atomic E-state index is 0.0207. The highest BCUT2D eigenvalue weighted by Crippen LogP contribution is 2.34. The van der Waals surface area contributed by atoms with E-state index in [2.05, 4.69) is 20.5 Å². The molecule has 0 spiro atoms. The van der Waals surface area contributed by atoms with Gasteiger partial charge in [-0.2, -0.15) is 0 Å². The van der Waals surface area contributed by atoms with Crippen LogP contribution in [0.1, 0.15) is 29.1 Å². The number of H-pyrrole nitrogens is 1. The summed E-state index contributed by atoms with van der Waals surface area (Å²) in [6, 6.07) is 7.65. The summed E-state index contributed by atoms with van der Waals surface area (Å²) in [5, 5.41) is 13.2. The van der Waals surface area contributed by atoms with Gasteiger partial charge in [-0.3, -0.25) is 4.79 Å². The van der Waals surface area contributed by atoms with Crippen LogP contribution < -0.4 is 15.6 Å². The molecule has 30 heavy (non-hydrogen) atoms. The van der Waals surface area contributed by atoms with Crippen molar-refractivity contribution >= 4 is 55.5 Å². The molecular weight excluding hydrogens is 438 g/mol. The van der Waals surface area contributed by atoms with E-state index in [1.165, 1.54) is 40.0 Å². The molecule has 0 fully saturated rings. The number of ether oxygens (including phenoxy) is 1. The third-order valence-electron chi connectivity index (χ3n) is 4.93. The molecule has 1 aromatic carbocycles. The number of fused-ring (bicyclic) bond motifs is 3. The van der Waals surface area contributed by atoms with Crippen LogP contribution in [0.2, 0.25) is 0 Å². The Bertz CT molecular complexity index is 1260. The molecule has 0 bridgehead atoms. The van der Waals surface area contributed by atoms with Crippen molar-refractivity contribution in [3.63, 3.8) is 0 Å². The Morgan fingerprint density at radius 1 is 1.23 bits per heavy atom. The zero-order valence-corrected chi connectivity index (χ0v) is 18.7. The number of benzene rings is 1. The molecule has 0 aliphatic heterocycles. The van der Waals surface area contributed by atoms with Crippen LogP contribution in [0, 0.1) is 0 Å². The van der Waals surface area contributed by atoms with E-state index < -0.39 is 0 Å². The molecule has 0 unspecified atom stereocenters. The molecule has 0 saturated carbocycles. The van der Waals surface area contributed by atoms with Crippen molar-refractivity contribution < 1.29 is 4.74 Å². The van der Waals surface area contributed by atoms with E-state index in [0.29, 0.717) is 16.7 Å². The van der Waals surface area contributed by atoms with Gasteiger partial charge in [-0.05, 0) is 43.4 Å². The fraction of sp³-hybridized carbons (Fsp3) is 0.300. The summed E-state index contributed by atoms with van der Waals surface area (Å²) >= 11 is 4.65. The largest absolute Gasteiger partial charge is 0.497 e. The first-order valence-electron chi connectivity index (χ1n) is 9.60. The zero-order chi connectivity index (χ0) is 20.5. The molecule has 3 heterocycles. The Hall–Kier alpha value is -2.43. The lowest BCUT2D eigenvalue weighted by molar-refractivity contribution is 0.415. The lowest BCUT2D eigenvalue weighted by Crippen LogP contribution is -2.12. The van der Waals surface area contributed by atoms with Crippen molar-refractivity contribution in [1.29, 1.82) is 0 Å². The number of methoxy groups -OCH3 is 1. The van der Waals surface area contributed by atoms with Gasteiger partial charge in [0.05, 0.1) is 18.2 Å². The first-order valence-corrected chi connectivity index (χ1v) is 12.2. The molecule has 2 N–H and O–H groups in total. The van der Waals surface area contributed by atoms with Crippen LogP contribution in [-0.2, 0) is 18.6 Å². The van der Waals surface area contributed by atoms with E-state index in [9.17, 15) is 4.79 Å². The monoisotopic (exact) mass is 457 g/mol. The van der Waals surface area contributed by atoms with Crippen LogP contribution in [0.3, 0.4) is 0 Å². The zero-order valence-electron chi connectivity index (χ0n) is 16.2. The molecule has 0 atom stereocenters. The third kappa shape index (κ3) is 3.94. The number of anilines is 2.